The van der Waals surface area contributed by atoms with Crippen LogP contribution in [-0.4, -0.2) is 40.0 Å². The fraction of sp³-hybridized carbons (Fsp3) is 0.364. The summed E-state index contributed by atoms with van der Waals surface area (Å²) >= 11 is 0. The topological polar surface area (TPSA) is 70.5 Å². The summed E-state index contributed by atoms with van der Waals surface area (Å²) in [5.74, 6) is -1.27. The van der Waals surface area contributed by atoms with E-state index in [1.54, 1.807) is 24.4 Å². The first-order valence-electron chi connectivity index (χ1n) is 4.90. The molecule has 0 aliphatic carbocycles. The van der Waals surface area contributed by atoms with Crippen molar-refractivity contribution in [1.82, 2.24) is 9.88 Å². The van der Waals surface area contributed by atoms with E-state index in [9.17, 15) is 9.59 Å². The van der Waals surface area contributed by atoms with Crippen molar-refractivity contribution in [3.8, 4) is 0 Å². The van der Waals surface area contributed by atoms with Crippen LogP contribution in [0.25, 0.3) is 0 Å². The molecule has 5 nitrogen and oxygen atoms in total. The largest absolute Gasteiger partial charge is 0.480 e. The zero-order valence-corrected chi connectivity index (χ0v) is 9.25. The number of aliphatic carboxylic acids is 1. The molecule has 0 saturated carbocycles. The molecular formula is C11H14N2O3. The third kappa shape index (κ3) is 3.05. The van der Waals surface area contributed by atoms with Gasteiger partial charge in [0.15, 0.2) is 0 Å². The van der Waals surface area contributed by atoms with Crippen molar-refractivity contribution in [2.45, 2.75) is 19.4 Å². The van der Waals surface area contributed by atoms with E-state index in [1.165, 1.54) is 18.9 Å². The summed E-state index contributed by atoms with van der Waals surface area (Å²) in [7, 11) is 1.48. The van der Waals surface area contributed by atoms with Gasteiger partial charge >= 0.3 is 5.97 Å². The number of aromatic nitrogens is 1. The first kappa shape index (κ1) is 12.2. The minimum absolute atomic E-state index is 0.120. The highest BCUT2D eigenvalue weighted by molar-refractivity contribution is 5.84. The minimum atomic E-state index is -1.02. The van der Waals surface area contributed by atoms with Crippen molar-refractivity contribution in [1.29, 1.82) is 0 Å². The number of rotatable bonds is 4. The van der Waals surface area contributed by atoms with Crippen molar-refractivity contribution >= 4 is 11.9 Å². The molecule has 0 radical (unpaired) electrons. The smallest absolute Gasteiger partial charge is 0.326 e. The predicted molar refractivity (Wildman–Crippen MR) is 57.8 cm³/mol. The summed E-state index contributed by atoms with van der Waals surface area (Å²) in [5.41, 5.74) is 0.636. The fourth-order valence-electron chi connectivity index (χ4n) is 1.16. The van der Waals surface area contributed by atoms with Crippen LogP contribution in [0.5, 0.6) is 0 Å². The van der Waals surface area contributed by atoms with Crippen LogP contribution in [0.4, 0.5) is 0 Å². The third-order valence-corrected chi connectivity index (χ3v) is 2.39. The number of carboxylic acids is 1. The summed E-state index contributed by atoms with van der Waals surface area (Å²) in [4.78, 5) is 27.6. The average Bonchev–Trinajstić information content (AvgIpc) is 2.28. The summed E-state index contributed by atoms with van der Waals surface area (Å²) in [6, 6.07) is 4.46. The number of carbonyl (C=O) groups is 2. The van der Waals surface area contributed by atoms with E-state index < -0.39 is 12.0 Å². The average molecular weight is 222 g/mol. The van der Waals surface area contributed by atoms with Crippen LogP contribution in [0.15, 0.2) is 24.4 Å². The molecule has 0 aromatic carbocycles. The van der Waals surface area contributed by atoms with Gasteiger partial charge in [-0.05, 0) is 19.1 Å². The van der Waals surface area contributed by atoms with E-state index in [4.69, 9.17) is 5.11 Å². The Labute approximate surface area is 93.7 Å². The standard InChI is InChI=1S/C11H14N2O3/c1-8(11(15)16)13(2)10(14)7-9-5-3-4-6-12-9/h3-6,8H,7H2,1-2H3,(H,15,16). The lowest BCUT2D eigenvalue weighted by molar-refractivity contribution is -0.148. The van der Waals surface area contributed by atoms with E-state index in [0.717, 1.165) is 0 Å². The van der Waals surface area contributed by atoms with Gasteiger partial charge in [-0.2, -0.15) is 0 Å². The second kappa shape index (κ2) is 5.25. The molecule has 16 heavy (non-hydrogen) atoms. The molecule has 1 aromatic rings. The number of carbonyl (C=O) groups excluding carboxylic acids is 1. The Hall–Kier alpha value is -1.91. The fourth-order valence-corrected chi connectivity index (χ4v) is 1.16. The molecule has 1 aromatic heterocycles. The number of pyridine rings is 1. The van der Waals surface area contributed by atoms with Gasteiger partial charge in [-0.25, -0.2) is 4.79 Å². The van der Waals surface area contributed by atoms with E-state index >= 15 is 0 Å². The molecule has 0 saturated heterocycles. The van der Waals surface area contributed by atoms with Gasteiger partial charge in [0.1, 0.15) is 6.04 Å². The van der Waals surface area contributed by atoms with E-state index in [-0.39, 0.29) is 12.3 Å². The summed E-state index contributed by atoms with van der Waals surface area (Å²) < 4.78 is 0. The molecule has 1 N–H and O–H groups in total. The van der Waals surface area contributed by atoms with Crippen molar-refractivity contribution in [3.63, 3.8) is 0 Å². The zero-order chi connectivity index (χ0) is 12.1. The third-order valence-electron chi connectivity index (χ3n) is 2.39. The number of carboxylic acid groups (broad SMARTS) is 1. The highest BCUT2D eigenvalue weighted by Crippen LogP contribution is 2.02. The maximum Gasteiger partial charge on any atom is 0.326 e. The summed E-state index contributed by atoms with van der Waals surface area (Å²) in [5, 5.41) is 8.76. The Bertz CT molecular complexity index is 378. The molecule has 0 aliphatic heterocycles. The summed E-state index contributed by atoms with van der Waals surface area (Å²) in [6.45, 7) is 1.47. The van der Waals surface area contributed by atoms with Gasteiger partial charge in [-0.1, -0.05) is 6.07 Å². The first-order valence-corrected chi connectivity index (χ1v) is 4.90. The normalized spacial score (nSPS) is 11.9. The van der Waals surface area contributed by atoms with Gasteiger partial charge in [-0.15, -0.1) is 0 Å². The van der Waals surface area contributed by atoms with E-state index in [0.29, 0.717) is 5.69 Å². The van der Waals surface area contributed by atoms with Crippen molar-refractivity contribution in [2.24, 2.45) is 0 Å². The Kier molecular flexibility index (Phi) is 3.99. The molecule has 5 heteroatoms. The van der Waals surface area contributed by atoms with Crippen LogP contribution in [0.2, 0.25) is 0 Å². The van der Waals surface area contributed by atoms with E-state index in [1.807, 2.05) is 0 Å². The lowest BCUT2D eigenvalue weighted by Gasteiger charge is -2.21. The zero-order valence-electron chi connectivity index (χ0n) is 9.25. The second-order valence-corrected chi connectivity index (χ2v) is 3.52. The first-order chi connectivity index (χ1) is 7.52. The molecular weight excluding hydrogens is 208 g/mol. The molecule has 0 spiro atoms. The van der Waals surface area contributed by atoms with Crippen molar-refractivity contribution in [2.75, 3.05) is 7.05 Å². The van der Waals surface area contributed by atoms with Gasteiger partial charge in [0, 0.05) is 18.9 Å². The van der Waals surface area contributed by atoms with E-state index in [2.05, 4.69) is 4.98 Å². The molecule has 1 heterocycles. The molecule has 1 amide bonds. The molecule has 0 aliphatic rings. The number of amides is 1. The minimum Gasteiger partial charge on any atom is -0.480 e. The van der Waals surface area contributed by atoms with Gasteiger partial charge in [-0.3, -0.25) is 9.78 Å². The Balaban J connectivity index is 2.63. The number of likely N-dealkylation sites (N-methyl/N-ethyl adjacent to an activating group) is 1. The maximum atomic E-state index is 11.7. The SMILES string of the molecule is CC(C(=O)O)N(C)C(=O)Cc1ccccn1. The van der Waals surface area contributed by atoms with Gasteiger partial charge < -0.3 is 10.0 Å². The van der Waals surface area contributed by atoms with Crippen LogP contribution < -0.4 is 0 Å². The predicted octanol–water partition coefficient (Wildman–Crippen LogP) is 0.556. The van der Waals surface area contributed by atoms with Gasteiger partial charge in [0.25, 0.3) is 0 Å². The number of hydrogen-bond acceptors (Lipinski definition) is 3. The monoisotopic (exact) mass is 222 g/mol. The lowest BCUT2D eigenvalue weighted by atomic mass is 10.2. The molecule has 1 unspecified atom stereocenters. The molecule has 0 fully saturated rings. The highest BCUT2D eigenvalue weighted by Gasteiger charge is 2.21. The number of hydrogen-bond donors (Lipinski definition) is 1. The van der Waals surface area contributed by atoms with Crippen LogP contribution in [-0.2, 0) is 16.0 Å². The molecule has 0 bridgehead atoms. The lowest BCUT2D eigenvalue weighted by Crippen LogP contribution is -2.41. The van der Waals surface area contributed by atoms with Crippen LogP contribution in [0.1, 0.15) is 12.6 Å². The Morgan fingerprint density at radius 1 is 1.50 bits per heavy atom. The van der Waals surface area contributed by atoms with Crippen LogP contribution in [0, 0.1) is 0 Å². The van der Waals surface area contributed by atoms with Crippen LogP contribution >= 0.6 is 0 Å². The number of nitrogens with zero attached hydrogens (tertiary/aromatic N) is 2. The molecule has 1 rings (SSSR count). The van der Waals surface area contributed by atoms with Crippen molar-refractivity contribution in [3.05, 3.63) is 30.1 Å². The Morgan fingerprint density at radius 2 is 2.19 bits per heavy atom. The van der Waals surface area contributed by atoms with Gasteiger partial charge in [0.2, 0.25) is 5.91 Å². The van der Waals surface area contributed by atoms with Crippen LogP contribution in [0.3, 0.4) is 0 Å². The summed E-state index contributed by atoms with van der Waals surface area (Å²) in [6.07, 6.45) is 1.72. The van der Waals surface area contributed by atoms with Gasteiger partial charge in [0.05, 0.1) is 6.42 Å². The highest BCUT2D eigenvalue weighted by atomic mass is 16.4. The Morgan fingerprint density at radius 3 is 2.69 bits per heavy atom. The quantitative estimate of drug-likeness (QED) is 0.807. The maximum absolute atomic E-state index is 11.7. The molecule has 86 valence electrons. The second-order valence-electron chi connectivity index (χ2n) is 3.52. The molecule has 1 atom stereocenters. The van der Waals surface area contributed by atoms with Crippen molar-refractivity contribution < 1.29 is 14.7 Å².